The molecular formula is C31H42F2. The molecule has 0 nitrogen and oxygen atoms in total. The molecule has 2 aliphatic carbocycles. The summed E-state index contributed by atoms with van der Waals surface area (Å²) < 4.78 is 29.6. The molecule has 0 saturated heterocycles. The molecule has 4 atom stereocenters. The standard InChI is InChI=1S/C31H42F2/c1-3-5-7-8-9-10-22-12-13-24-19-25(15-14-23(24)18-22)26-16-17-28-27(20-26)21-30(32)29(31(28)33)11-6-4-2/h4,16-17,20-25H,2-3,5-15,18-19H2,1H3. The third-order valence-electron chi connectivity index (χ3n) is 8.65. The number of halogens is 2. The Hall–Kier alpha value is -1.70. The molecule has 0 radical (unpaired) electrons. The van der Waals surface area contributed by atoms with Crippen molar-refractivity contribution in [3.63, 3.8) is 0 Å². The number of allylic oxidation sites excluding steroid dienone is 1. The Kier molecular flexibility index (Phi) is 8.61. The van der Waals surface area contributed by atoms with Crippen LogP contribution in [0.5, 0.6) is 0 Å². The molecule has 0 spiro atoms. The van der Waals surface area contributed by atoms with Crippen molar-refractivity contribution in [2.24, 2.45) is 17.8 Å². The minimum atomic E-state index is -0.421. The van der Waals surface area contributed by atoms with Gasteiger partial charge in [-0.05, 0) is 85.6 Å². The third kappa shape index (κ3) is 5.87. The molecular weight excluding hydrogens is 410 g/mol. The lowest BCUT2D eigenvalue weighted by Gasteiger charge is -2.42. The molecule has 0 bridgehead atoms. The Morgan fingerprint density at radius 3 is 2.55 bits per heavy atom. The monoisotopic (exact) mass is 452 g/mol. The van der Waals surface area contributed by atoms with Gasteiger partial charge in [0.15, 0.2) is 0 Å². The van der Waals surface area contributed by atoms with Gasteiger partial charge in [0.2, 0.25) is 0 Å². The molecule has 0 N–H and O–H groups in total. The summed E-state index contributed by atoms with van der Waals surface area (Å²) in [6.45, 7) is 5.96. The largest absolute Gasteiger partial charge is 0.207 e. The number of benzene rings is 2. The molecule has 2 saturated carbocycles. The van der Waals surface area contributed by atoms with Crippen LogP contribution in [0.15, 0.2) is 36.9 Å². The molecule has 2 aromatic rings. The fourth-order valence-corrected chi connectivity index (χ4v) is 6.71. The Labute approximate surface area is 199 Å². The van der Waals surface area contributed by atoms with Crippen molar-refractivity contribution >= 4 is 10.8 Å². The van der Waals surface area contributed by atoms with E-state index in [0.29, 0.717) is 29.5 Å². The van der Waals surface area contributed by atoms with E-state index < -0.39 is 11.6 Å². The summed E-state index contributed by atoms with van der Waals surface area (Å²) in [4.78, 5) is 0. The van der Waals surface area contributed by atoms with E-state index in [-0.39, 0.29) is 5.56 Å². The summed E-state index contributed by atoms with van der Waals surface area (Å²) in [5.74, 6) is 2.41. The number of unbranched alkanes of at least 4 members (excludes halogenated alkanes) is 4. The van der Waals surface area contributed by atoms with Gasteiger partial charge in [0.25, 0.3) is 0 Å². The Balaban J connectivity index is 1.37. The lowest BCUT2D eigenvalue weighted by atomic mass is 9.63. The first-order valence-corrected chi connectivity index (χ1v) is 13.6. The van der Waals surface area contributed by atoms with Gasteiger partial charge in [-0.1, -0.05) is 76.1 Å². The zero-order valence-corrected chi connectivity index (χ0v) is 20.6. The first-order valence-electron chi connectivity index (χ1n) is 13.6. The van der Waals surface area contributed by atoms with E-state index in [1.54, 1.807) is 6.08 Å². The van der Waals surface area contributed by atoms with E-state index in [0.717, 1.165) is 17.8 Å². The van der Waals surface area contributed by atoms with Gasteiger partial charge in [0.1, 0.15) is 11.6 Å². The molecule has 4 rings (SSSR count). The Morgan fingerprint density at radius 2 is 1.73 bits per heavy atom. The van der Waals surface area contributed by atoms with Gasteiger partial charge < -0.3 is 0 Å². The van der Waals surface area contributed by atoms with Gasteiger partial charge >= 0.3 is 0 Å². The van der Waals surface area contributed by atoms with Gasteiger partial charge in [-0.15, -0.1) is 6.58 Å². The second kappa shape index (κ2) is 11.6. The van der Waals surface area contributed by atoms with Crippen LogP contribution in [0.3, 0.4) is 0 Å². The van der Waals surface area contributed by atoms with Crippen molar-refractivity contribution in [3.8, 4) is 0 Å². The fourth-order valence-electron chi connectivity index (χ4n) is 6.71. The minimum Gasteiger partial charge on any atom is -0.207 e. The van der Waals surface area contributed by atoms with Crippen LogP contribution in [-0.2, 0) is 6.42 Å². The highest BCUT2D eigenvalue weighted by Gasteiger charge is 2.35. The van der Waals surface area contributed by atoms with E-state index in [1.165, 1.54) is 88.7 Å². The SMILES string of the molecule is C=CCCc1c(F)cc2cc(C3CCC4CC(CCCCCCC)CCC4C3)ccc2c1F. The van der Waals surface area contributed by atoms with Crippen molar-refractivity contribution in [1.82, 2.24) is 0 Å². The van der Waals surface area contributed by atoms with E-state index in [9.17, 15) is 8.78 Å². The molecule has 2 aliphatic rings. The van der Waals surface area contributed by atoms with Crippen molar-refractivity contribution < 1.29 is 8.78 Å². The maximum absolute atomic E-state index is 15.0. The van der Waals surface area contributed by atoms with Crippen LogP contribution in [-0.4, -0.2) is 0 Å². The first-order chi connectivity index (χ1) is 16.1. The average molecular weight is 453 g/mol. The summed E-state index contributed by atoms with van der Waals surface area (Å²) in [5.41, 5.74) is 1.47. The van der Waals surface area contributed by atoms with Gasteiger partial charge in [-0.25, -0.2) is 8.78 Å². The lowest BCUT2D eigenvalue weighted by Crippen LogP contribution is -2.30. The van der Waals surface area contributed by atoms with Crippen LogP contribution in [0.2, 0.25) is 0 Å². The normalized spacial score (nSPS) is 25.2. The van der Waals surface area contributed by atoms with E-state index in [4.69, 9.17) is 0 Å². The molecule has 2 aromatic carbocycles. The molecule has 2 fully saturated rings. The first kappa shape index (κ1) is 24.4. The Morgan fingerprint density at radius 1 is 0.939 bits per heavy atom. The fraction of sp³-hybridized carbons (Fsp3) is 0.613. The number of rotatable bonds is 10. The van der Waals surface area contributed by atoms with Gasteiger partial charge in [0, 0.05) is 10.9 Å². The van der Waals surface area contributed by atoms with Crippen LogP contribution in [0, 0.1) is 29.4 Å². The summed E-state index contributed by atoms with van der Waals surface area (Å²) in [6.07, 6.45) is 19.1. The van der Waals surface area contributed by atoms with Gasteiger partial charge in [-0.2, -0.15) is 0 Å². The number of hydrogen-bond acceptors (Lipinski definition) is 0. The van der Waals surface area contributed by atoms with Gasteiger partial charge in [0.05, 0.1) is 0 Å². The molecule has 0 heterocycles. The second-order valence-electron chi connectivity index (χ2n) is 10.9. The minimum absolute atomic E-state index is 0.192. The Bertz CT molecular complexity index is 930. The average Bonchev–Trinajstić information content (AvgIpc) is 2.83. The van der Waals surface area contributed by atoms with Gasteiger partial charge in [-0.3, -0.25) is 0 Å². The second-order valence-corrected chi connectivity index (χ2v) is 10.9. The molecule has 4 unspecified atom stereocenters. The summed E-state index contributed by atoms with van der Waals surface area (Å²) >= 11 is 0. The van der Waals surface area contributed by atoms with Crippen LogP contribution in [0.1, 0.15) is 107 Å². The quantitative estimate of drug-likeness (QED) is 0.248. The summed E-state index contributed by atoms with van der Waals surface area (Å²) in [7, 11) is 0. The highest BCUT2D eigenvalue weighted by Crippen LogP contribution is 2.48. The topological polar surface area (TPSA) is 0 Å². The van der Waals surface area contributed by atoms with Crippen LogP contribution < -0.4 is 0 Å². The number of hydrogen-bond donors (Lipinski definition) is 0. The third-order valence-corrected chi connectivity index (χ3v) is 8.65. The summed E-state index contributed by atoms with van der Waals surface area (Å²) in [5, 5.41) is 1.26. The predicted octanol–water partition coefficient (Wildman–Crippen LogP) is 9.90. The zero-order chi connectivity index (χ0) is 23.2. The van der Waals surface area contributed by atoms with Crippen LogP contribution in [0.25, 0.3) is 10.8 Å². The molecule has 2 heteroatoms. The van der Waals surface area contributed by atoms with Crippen molar-refractivity contribution in [2.75, 3.05) is 0 Å². The van der Waals surface area contributed by atoms with E-state index >= 15 is 0 Å². The molecule has 33 heavy (non-hydrogen) atoms. The van der Waals surface area contributed by atoms with Crippen molar-refractivity contribution in [2.45, 2.75) is 103 Å². The molecule has 0 aliphatic heterocycles. The maximum atomic E-state index is 15.0. The smallest absolute Gasteiger partial charge is 0.137 e. The van der Waals surface area contributed by atoms with Crippen LogP contribution >= 0.6 is 0 Å². The summed E-state index contributed by atoms with van der Waals surface area (Å²) in [6, 6.07) is 7.59. The highest BCUT2D eigenvalue weighted by atomic mass is 19.1. The van der Waals surface area contributed by atoms with Crippen molar-refractivity contribution in [3.05, 3.63) is 59.7 Å². The molecule has 0 amide bonds. The maximum Gasteiger partial charge on any atom is 0.137 e. The zero-order valence-electron chi connectivity index (χ0n) is 20.6. The van der Waals surface area contributed by atoms with E-state index in [2.05, 4.69) is 25.6 Å². The lowest BCUT2D eigenvalue weighted by molar-refractivity contribution is 0.113. The molecule has 0 aromatic heterocycles. The van der Waals surface area contributed by atoms with E-state index in [1.807, 2.05) is 6.07 Å². The highest BCUT2D eigenvalue weighted by molar-refractivity contribution is 5.85. The predicted molar refractivity (Wildman–Crippen MR) is 137 cm³/mol. The number of fused-ring (bicyclic) bond motifs is 2. The van der Waals surface area contributed by atoms with Crippen molar-refractivity contribution in [1.29, 1.82) is 0 Å². The van der Waals surface area contributed by atoms with Crippen LogP contribution in [0.4, 0.5) is 8.78 Å². The molecule has 180 valence electrons.